The molecule has 0 fully saturated rings. The molecule has 3 rings (SSSR count). The van der Waals surface area contributed by atoms with Gasteiger partial charge in [0.05, 0.1) is 5.75 Å². The quantitative estimate of drug-likeness (QED) is 0.441. The Labute approximate surface area is 164 Å². The molecule has 1 aromatic carbocycles. The Bertz CT molecular complexity index is 950. The summed E-state index contributed by atoms with van der Waals surface area (Å²) in [5.74, 6) is 1.29. The highest BCUT2D eigenvalue weighted by molar-refractivity contribution is 7.99. The molecule has 27 heavy (non-hydrogen) atoms. The third-order valence-corrected chi connectivity index (χ3v) is 5.54. The molecule has 0 atom stereocenters. The summed E-state index contributed by atoms with van der Waals surface area (Å²) in [6, 6.07) is 7.92. The third-order valence-electron chi connectivity index (χ3n) is 4.58. The molecular formula is C21H24N4OS. The molecule has 0 saturated heterocycles. The minimum absolute atomic E-state index is 0.122. The minimum atomic E-state index is 0.122. The number of carbonyl (C=O) groups excluding carboxylic acids is 1. The number of benzene rings is 1. The minimum Gasteiger partial charge on any atom is -0.302 e. The maximum Gasteiger partial charge on any atom is 0.191 e. The van der Waals surface area contributed by atoms with Gasteiger partial charge in [-0.05, 0) is 62.1 Å². The molecule has 2 aromatic heterocycles. The second-order valence-corrected chi connectivity index (χ2v) is 7.60. The summed E-state index contributed by atoms with van der Waals surface area (Å²) in [6.45, 7) is 9.03. The van der Waals surface area contributed by atoms with Crippen LogP contribution < -0.4 is 0 Å². The van der Waals surface area contributed by atoms with Crippen LogP contribution in [0.15, 0.2) is 41.8 Å². The Hall–Kier alpha value is -2.47. The first-order valence-corrected chi connectivity index (χ1v) is 10.1. The summed E-state index contributed by atoms with van der Waals surface area (Å²) < 4.78 is 2.08. The van der Waals surface area contributed by atoms with Gasteiger partial charge in [-0.25, -0.2) is 0 Å². The lowest BCUT2D eigenvalue weighted by molar-refractivity contribution is 0.102. The molecule has 0 radical (unpaired) electrons. The highest BCUT2D eigenvalue weighted by atomic mass is 32.2. The van der Waals surface area contributed by atoms with E-state index in [9.17, 15) is 4.79 Å². The van der Waals surface area contributed by atoms with Crippen LogP contribution in [-0.4, -0.2) is 31.3 Å². The van der Waals surface area contributed by atoms with Gasteiger partial charge >= 0.3 is 0 Å². The van der Waals surface area contributed by atoms with E-state index in [1.54, 1.807) is 12.4 Å². The van der Waals surface area contributed by atoms with Crippen LogP contribution in [0.25, 0.3) is 11.4 Å². The standard InChI is InChI=1S/C21H24N4OS/c1-5-10-25-20(17-6-8-22-9-7-17)23-24-21(25)27-13-19(26)18-12-15(3)14(2)11-16(18)4/h6-9,11-12H,5,10,13H2,1-4H3. The van der Waals surface area contributed by atoms with Crippen molar-refractivity contribution in [3.63, 3.8) is 0 Å². The lowest BCUT2D eigenvalue weighted by Gasteiger charge is -2.10. The Morgan fingerprint density at radius 3 is 2.44 bits per heavy atom. The fourth-order valence-electron chi connectivity index (χ4n) is 3.00. The summed E-state index contributed by atoms with van der Waals surface area (Å²) in [7, 11) is 0. The van der Waals surface area contributed by atoms with Gasteiger partial charge in [-0.3, -0.25) is 9.78 Å². The normalized spacial score (nSPS) is 11.0. The SMILES string of the molecule is CCCn1c(SCC(=O)c2cc(C)c(C)cc2C)nnc1-c1ccncc1. The number of nitrogens with zero attached hydrogens (tertiary/aromatic N) is 4. The van der Waals surface area contributed by atoms with Gasteiger partial charge in [0.25, 0.3) is 0 Å². The lowest BCUT2D eigenvalue weighted by Crippen LogP contribution is -2.08. The Balaban J connectivity index is 1.81. The second-order valence-electron chi connectivity index (χ2n) is 6.66. The maximum atomic E-state index is 12.8. The van der Waals surface area contributed by atoms with Crippen LogP contribution in [0.2, 0.25) is 0 Å². The predicted octanol–water partition coefficient (Wildman–Crippen LogP) is 4.65. The van der Waals surface area contributed by atoms with E-state index >= 15 is 0 Å². The van der Waals surface area contributed by atoms with Crippen LogP contribution >= 0.6 is 11.8 Å². The molecule has 0 spiro atoms. The molecule has 0 amide bonds. The van der Waals surface area contributed by atoms with Gasteiger partial charge in [-0.15, -0.1) is 10.2 Å². The molecule has 3 aromatic rings. The molecule has 0 unspecified atom stereocenters. The number of thioether (sulfide) groups is 1. The zero-order valence-electron chi connectivity index (χ0n) is 16.2. The van der Waals surface area contributed by atoms with Crippen LogP contribution in [-0.2, 0) is 6.54 Å². The van der Waals surface area contributed by atoms with Crippen LogP contribution in [0.1, 0.15) is 40.4 Å². The Morgan fingerprint density at radius 1 is 1.04 bits per heavy atom. The van der Waals surface area contributed by atoms with E-state index in [0.717, 1.165) is 46.2 Å². The van der Waals surface area contributed by atoms with Crippen molar-refractivity contribution in [3.8, 4) is 11.4 Å². The Morgan fingerprint density at radius 2 is 1.74 bits per heavy atom. The molecule has 2 heterocycles. The maximum absolute atomic E-state index is 12.8. The molecule has 0 N–H and O–H groups in total. The number of ketones is 1. The molecule has 0 aliphatic carbocycles. The zero-order valence-corrected chi connectivity index (χ0v) is 17.0. The second kappa shape index (κ2) is 8.48. The number of Topliss-reactive ketones (excluding diaryl/α,β-unsaturated/α-hetero) is 1. The van der Waals surface area contributed by atoms with Crippen molar-refractivity contribution < 1.29 is 4.79 Å². The lowest BCUT2D eigenvalue weighted by atomic mass is 9.99. The Kier molecular flexibility index (Phi) is 6.06. The van der Waals surface area contributed by atoms with Gasteiger partial charge in [-0.1, -0.05) is 24.8 Å². The topological polar surface area (TPSA) is 60.7 Å². The highest BCUT2D eigenvalue weighted by Gasteiger charge is 2.17. The summed E-state index contributed by atoms with van der Waals surface area (Å²) in [4.78, 5) is 16.8. The average molecular weight is 381 g/mol. The van der Waals surface area contributed by atoms with Crippen LogP contribution in [0, 0.1) is 20.8 Å². The van der Waals surface area contributed by atoms with E-state index in [1.165, 1.54) is 17.3 Å². The van der Waals surface area contributed by atoms with Gasteiger partial charge < -0.3 is 4.57 Å². The number of rotatable bonds is 7. The van der Waals surface area contributed by atoms with Crippen LogP contribution in [0.3, 0.4) is 0 Å². The number of hydrogen-bond acceptors (Lipinski definition) is 5. The molecule has 0 bridgehead atoms. The van der Waals surface area contributed by atoms with Gasteiger partial charge in [0.2, 0.25) is 0 Å². The van der Waals surface area contributed by atoms with Crippen molar-refractivity contribution in [2.45, 2.75) is 45.8 Å². The third kappa shape index (κ3) is 4.27. The number of carbonyl (C=O) groups is 1. The van der Waals surface area contributed by atoms with E-state index in [1.807, 2.05) is 32.0 Å². The summed E-state index contributed by atoms with van der Waals surface area (Å²) in [5, 5.41) is 9.46. The monoisotopic (exact) mass is 380 g/mol. The van der Waals surface area contributed by atoms with E-state index in [-0.39, 0.29) is 5.78 Å². The molecule has 6 heteroatoms. The van der Waals surface area contributed by atoms with E-state index in [2.05, 4.69) is 39.7 Å². The smallest absolute Gasteiger partial charge is 0.191 e. The van der Waals surface area contributed by atoms with Crippen LogP contribution in [0.4, 0.5) is 0 Å². The molecule has 5 nitrogen and oxygen atoms in total. The summed E-state index contributed by atoms with van der Waals surface area (Å²) >= 11 is 1.45. The largest absolute Gasteiger partial charge is 0.302 e. The first-order valence-electron chi connectivity index (χ1n) is 9.08. The van der Waals surface area contributed by atoms with E-state index in [4.69, 9.17) is 0 Å². The molecule has 140 valence electrons. The van der Waals surface area contributed by atoms with E-state index in [0.29, 0.717) is 5.75 Å². The van der Waals surface area contributed by atoms with Crippen molar-refractivity contribution in [1.82, 2.24) is 19.7 Å². The number of pyridine rings is 1. The van der Waals surface area contributed by atoms with Gasteiger partial charge in [0.1, 0.15) is 0 Å². The van der Waals surface area contributed by atoms with Crippen molar-refractivity contribution in [1.29, 1.82) is 0 Å². The van der Waals surface area contributed by atoms with Crippen LogP contribution in [0.5, 0.6) is 0 Å². The van der Waals surface area contributed by atoms with Gasteiger partial charge in [0, 0.05) is 30.1 Å². The van der Waals surface area contributed by atoms with E-state index < -0.39 is 0 Å². The summed E-state index contributed by atoms with van der Waals surface area (Å²) in [5.41, 5.74) is 5.15. The first-order chi connectivity index (χ1) is 13.0. The average Bonchev–Trinajstić information content (AvgIpc) is 3.06. The highest BCUT2D eigenvalue weighted by Crippen LogP contribution is 2.25. The molecule has 0 saturated carbocycles. The van der Waals surface area contributed by atoms with Crippen molar-refractivity contribution >= 4 is 17.5 Å². The first kappa shape index (κ1) is 19.3. The number of aromatic nitrogens is 4. The van der Waals surface area contributed by atoms with Gasteiger partial charge in [0.15, 0.2) is 16.8 Å². The van der Waals surface area contributed by atoms with Crippen molar-refractivity contribution in [2.75, 3.05) is 5.75 Å². The van der Waals surface area contributed by atoms with Gasteiger partial charge in [-0.2, -0.15) is 0 Å². The zero-order chi connectivity index (χ0) is 19.4. The number of hydrogen-bond donors (Lipinski definition) is 0. The molecule has 0 aliphatic rings. The molecule has 0 aliphatic heterocycles. The number of aryl methyl sites for hydroxylation is 3. The van der Waals surface area contributed by atoms with Crippen molar-refractivity contribution in [2.24, 2.45) is 0 Å². The fourth-order valence-corrected chi connectivity index (χ4v) is 3.85. The summed E-state index contributed by atoms with van der Waals surface area (Å²) in [6.07, 6.45) is 4.46. The fraction of sp³-hybridized carbons (Fsp3) is 0.333. The molecular weight excluding hydrogens is 356 g/mol. The predicted molar refractivity (Wildman–Crippen MR) is 109 cm³/mol. The van der Waals surface area contributed by atoms with Crippen molar-refractivity contribution in [3.05, 3.63) is 58.9 Å².